The third-order valence-electron chi connectivity index (χ3n) is 4.01. The fourth-order valence-electron chi connectivity index (χ4n) is 2.62. The van der Waals surface area contributed by atoms with E-state index in [1.165, 1.54) is 9.87 Å². The molecule has 0 saturated heterocycles. The molecule has 0 unspecified atom stereocenters. The third-order valence-corrected chi connectivity index (χ3v) is 6.72. The molecule has 29 heavy (non-hydrogen) atoms. The molecule has 0 bridgehead atoms. The van der Waals surface area contributed by atoms with Crippen LogP contribution in [0.1, 0.15) is 18.4 Å². The average Bonchev–Trinajstić information content (AvgIpc) is 2.65. The van der Waals surface area contributed by atoms with Gasteiger partial charge >= 0.3 is 0 Å². The Hall–Kier alpha value is -1.41. The Morgan fingerprint density at radius 1 is 1.10 bits per heavy atom. The van der Waals surface area contributed by atoms with Crippen molar-refractivity contribution in [2.24, 2.45) is 0 Å². The van der Waals surface area contributed by atoms with Crippen molar-refractivity contribution < 1.29 is 13.2 Å². The van der Waals surface area contributed by atoms with E-state index >= 15 is 0 Å². The molecule has 0 aliphatic heterocycles. The first-order chi connectivity index (χ1) is 13.8. The van der Waals surface area contributed by atoms with E-state index in [1.807, 2.05) is 24.3 Å². The van der Waals surface area contributed by atoms with Crippen LogP contribution in [0.25, 0.3) is 0 Å². The summed E-state index contributed by atoms with van der Waals surface area (Å²) in [5, 5.41) is 4.05. The first-order valence-corrected chi connectivity index (χ1v) is 12.8. The van der Waals surface area contributed by atoms with Gasteiger partial charge in [0.1, 0.15) is 0 Å². The van der Waals surface area contributed by atoms with Gasteiger partial charge in [0.05, 0.1) is 11.9 Å². The lowest BCUT2D eigenvalue weighted by Crippen LogP contribution is -2.32. The molecule has 0 heterocycles. The van der Waals surface area contributed by atoms with E-state index in [-0.39, 0.29) is 18.9 Å². The van der Waals surface area contributed by atoms with E-state index in [2.05, 4.69) is 5.32 Å². The van der Waals surface area contributed by atoms with E-state index in [0.29, 0.717) is 23.7 Å². The second kappa shape index (κ2) is 11.7. The van der Waals surface area contributed by atoms with Gasteiger partial charge in [-0.05, 0) is 42.3 Å². The van der Waals surface area contributed by atoms with Crippen LogP contribution in [-0.4, -0.2) is 39.4 Å². The van der Waals surface area contributed by atoms with E-state index in [1.54, 1.807) is 36.0 Å². The van der Waals surface area contributed by atoms with Gasteiger partial charge in [-0.15, -0.1) is 0 Å². The number of thioether (sulfide) groups is 1. The van der Waals surface area contributed by atoms with Crippen LogP contribution < -0.4 is 9.62 Å². The summed E-state index contributed by atoms with van der Waals surface area (Å²) in [5.41, 5.74) is 1.69. The van der Waals surface area contributed by atoms with Crippen molar-refractivity contribution in [3.8, 4) is 0 Å². The lowest BCUT2D eigenvalue weighted by atomic mass is 10.2. The lowest BCUT2D eigenvalue weighted by Gasteiger charge is -2.22. The van der Waals surface area contributed by atoms with Gasteiger partial charge in [0.25, 0.3) is 0 Å². The number of carbonyl (C=O) groups is 1. The molecule has 0 aliphatic rings. The first kappa shape index (κ1) is 23.9. The van der Waals surface area contributed by atoms with Gasteiger partial charge in [0.15, 0.2) is 0 Å². The second-order valence-corrected chi connectivity index (χ2v) is 10.3. The summed E-state index contributed by atoms with van der Waals surface area (Å²) in [4.78, 5) is 12.0. The van der Waals surface area contributed by atoms with Crippen molar-refractivity contribution in [2.45, 2.75) is 18.6 Å². The number of carbonyl (C=O) groups excluding carboxylic acids is 1. The topological polar surface area (TPSA) is 66.5 Å². The zero-order chi connectivity index (χ0) is 21.3. The lowest BCUT2D eigenvalue weighted by molar-refractivity contribution is -0.121. The maximum atomic E-state index is 12.1. The van der Waals surface area contributed by atoms with Gasteiger partial charge in [0.2, 0.25) is 15.9 Å². The largest absolute Gasteiger partial charge is 0.355 e. The maximum absolute atomic E-state index is 12.1. The number of rotatable bonds is 11. The van der Waals surface area contributed by atoms with Gasteiger partial charge < -0.3 is 5.32 Å². The zero-order valence-corrected chi connectivity index (χ0v) is 19.3. The predicted octanol–water partition coefficient (Wildman–Crippen LogP) is 4.59. The van der Waals surface area contributed by atoms with Crippen LogP contribution in [0, 0.1) is 0 Å². The minimum absolute atomic E-state index is 0.0864. The van der Waals surface area contributed by atoms with E-state index in [0.717, 1.165) is 22.8 Å². The number of benzene rings is 2. The molecule has 0 aromatic heterocycles. The molecule has 0 spiro atoms. The highest BCUT2D eigenvalue weighted by atomic mass is 35.5. The van der Waals surface area contributed by atoms with Crippen molar-refractivity contribution in [1.82, 2.24) is 5.32 Å². The predicted molar refractivity (Wildman–Crippen MR) is 123 cm³/mol. The van der Waals surface area contributed by atoms with E-state index in [4.69, 9.17) is 23.2 Å². The summed E-state index contributed by atoms with van der Waals surface area (Å²) >= 11 is 13.5. The standard InChI is InChI=1S/C20H24Cl2N2O3S2/c1-29(26,27)24(19-5-2-4-18(22)14-19)12-3-6-20(25)23-11-13-28-15-16-7-9-17(21)10-8-16/h2,4-5,7-10,14H,3,6,11-13,15H2,1H3,(H,23,25). The van der Waals surface area contributed by atoms with Crippen molar-refractivity contribution in [1.29, 1.82) is 0 Å². The number of hydrogen-bond acceptors (Lipinski definition) is 4. The van der Waals surface area contributed by atoms with Crippen LogP contribution in [0.5, 0.6) is 0 Å². The summed E-state index contributed by atoms with van der Waals surface area (Å²) in [6.07, 6.45) is 1.82. The number of halogens is 2. The van der Waals surface area contributed by atoms with Gasteiger partial charge in [0, 0.05) is 41.1 Å². The van der Waals surface area contributed by atoms with Gasteiger partial charge in [-0.2, -0.15) is 11.8 Å². The fourth-order valence-corrected chi connectivity index (χ4v) is 4.71. The number of sulfonamides is 1. The van der Waals surface area contributed by atoms with Crippen LogP contribution >= 0.6 is 35.0 Å². The number of hydrogen-bond donors (Lipinski definition) is 1. The molecule has 1 amide bonds. The van der Waals surface area contributed by atoms with Crippen LogP contribution in [0.15, 0.2) is 48.5 Å². The number of anilines is 1. The third kappa shape index (κ3) is 8.86. The van der Waals surface area contributed by atoms with Crippen LogP contribution in [0.2, 0.25) is 10.0 Å². The molecule has 0 fully saturated rings. The van der Waals surface area contributed by atoms with Crippen molar-refractivity contribution in [3.63, 3.8) is 0 Å². The van der Waals surface area contributed by atoms with Gasteiger partial charge in [-0.1, -0.05) is 41.4 Å². The number of nitrogens with one attached hydrogen (secondary N) is 1. The SMILES string of the molecule is CS(=O)(=O)N(CCCC(=O)NCCSCc1ccc(Cl)cc1)c1cccc(Cl)c1. The second-order valence-electron chi connectivity index (χ2n) is 6.45. The minimum atomic E-state index is -3.45. The Kier molecular flexibility index (Phi) is 9.62. The van der Waals surface area contributed by atoms with Crippen LogP contribution in [0.3, 0.4) is 0 Å². The number of amides is 1. The summed E-state index contributed by atoms with van der Waals surface area (Å²) < 4.78 is 25.4. The Morgan fingerprint density at radius 2 is 1.83 bits per heavy atom. The molecule has 0 radical (unpaired) electrons. The molecule has 0 aliphatic carbocycles. The Balaban J connectivity index is 1.69. The maximum Gasteiger partial charge on any atom is 0.232 e. The van der Waals surface area contributed by atoms with E-state index in [9.17, 15) is 13.2 Å². The highest BCUT2D eigenvalue weighted by Crippen LogP contribution is 2.22. The molecule has 158 valence electrons. The average molecular weight is 475 g/mol. The van der Waals surface area contributed by atoms with Gasteiger partial charge in [-0.3, -0.25) is 9.10 Å². The molecule has 2 aromatic rings. The van der Waals surface area contributed by atoms with Crippen LogP contribution in [0.4, 0.5) is 5.69 Å². The smallest absolute Gasteiger partial charge is 0.232 e. The Bertz CT molecular complexity index is 906. The molecule has 0 saturated carbocycles. The molecule has 2 aromatic carbocycles. The molecule has 2 rings (SSSR count). The quantitative estimate of drug-likeness (QED) is 0.483. The fraction of sp³-hybridized carbons (Fsp3) is 0.350. The minimum Gasteiger partial charge on any atom is -0.355 e. The van der Waals surface area contributed by atoms with Crippen molar-refractivity contribution >= 4 is 56.6 Å². The monoisotopic (exact) mass is 474 g/mol. The zero-order valence-electron chi connectivity index (χ0n) is 16.1. The first-order valence-electron chi connectivity index (χ1n) is 9.08. The molecule has 1 N–H and O–H groups in total. The van der Waals surface area contributed by atoms with Gasteiger partial charge in [-0.25, -0.2) is 8.42 Å². The molecule has 0 atom stereocenters. The molecular weight excluding hydrogens is 451 g/mol. The molecule has 9 heteroatoms. The summed E-state index contributed by atoms with van der Waals surface area (Å²) in [6.45, 7) is 0.791. The summed E-state index contributed by atoms with van der Waals surface area (Å²) in [6, 6.07) is 14.4. The highest BCUT2D eigenvalue weighted by molar-refractivity contribution is 7.98. The molecular formula is C20H24Cl2N2O3S2. The summed E-state index contributed by atoms with van der Waals surface area (Å²) in [7, 11) is -3.45. The normalized spacial score (nSPS) is 11.3. The number of nitrogens with zero attached hydrogens (tertiary/aromatic N) is 1. The highest BCUT2D eigenvalue weighted by Gasteiger charge is 2.17. The van der Waals surface area contributed by atoms with E-state index < -0.39 is 10.0 Å². The van der Waals surface area contributed by atoms with Crippen molar-refractivity contribution in [3.05, 3.63) is 64.1 Å². The molecule has 5 nitrogen and oxygen atoms in total. The Morgan fingerprint density at radius 3 is 2.48 bits per heavy atom. The Labute approximate surface area is 186 Å². The van der Waals surface area contributed by atoms with Crippen LogP contribution in [-0.2, 0) is 20.6 Å². The van der Waals surface area contributed by atoms with Crippen molar-refractivity contribution in [2.75, 3.05) is 29.4 Å². The summed E-state index contributed by atoms with van der Waals surface area (Å²) in [5.74, 6) is 1.57.